The van der Waals surface area contributed by atoms with Crippen LogP contribution in [0.5, 0.6) is 0 Å². The molecular formula is C20H21NO5S. The molecule has 0 fully saturated rings. The summed E-state index contributed by atoms with van der Waals surface area (Å²) < 4.78 is 29.7. The number of carbonyl (C=O) groups is 2. The maximum atomic E-state index is 12.7. The van der Waals surface area contributed by atoms with E-state index in [0.29, 0.717) is 6.54 Å². The first kappa shape index (κ1) is 19.1. The minimum absolute atomic E-state index is 0.0548. The van der Waals surface area contributed by atoms with E-state index in [1.165, 1.54) is 26.0 Å². The highest BCUT2D eigenvalue weighted by Gasteiger charge is 2.31. The number of fused-ring (bicyclic) bond motifs is 1. The molecule has 1 aliphatic heterocycles. The summed E-state index contributed by atoms with van der Waals surface area (Å²) in [6, 6.07) is 13.5. The first-order valence-electron chi connectivity index (χ1n) is 8.77. The van der Waals surface area contributed by atoms with Crippen molar-refractivity contribution in [1.82, 2.24) is 0 Å². The molecule has 0 saturated carbocycles. The van der Waals surface area contributed by atoms with Crippen molar-refractivity contribution in [2.24, 2.45) is 0 Å². The van der Waals surface area contributed by atoms with Gasteiger partial charge in [0.25, 0.3) is 5.91 Å². The summed E-state index contributed by atoms with van der Waals surface area (Å²) in [5.74, 6) is -1.28. The first-order chi connectivity index (χ1) is 12.8. The maximum absolute atomic E-state index is 12.7. The molecule has 142 valence electrons. The van der Waals surface area contributed by atoms with Crippen molar-refractivity contribution in [3.63, 3.8) is 0 Å². The highest BCUT2D eigenvalue weighted by atomic mass is 32.2. The molecule has 0 unspecified atom stereocenters. The monoisotopic (exact) mass is 387 g/mol. The van der Waals surface area contributed by atoms with Crippen LogP contribution in [0.3, 0.4) is 0 Å². The van der Waals surface area contributed by atoms with Gasteiger partial charge in [0.1, 0.15) is 0 Å². The van der Waals surface area contributed by atoms with Gasteiger partial charge in [0, 0.05) is 12.2 Å². The number of para-hydroxylation sites is 1. The third-order valence-corrected chi connectivity index (χ3v) is 6.39. The fraction of sp³-hybridized carbons (Fsp3) is 0.300. The molecule has 1 amide bonds. The third-order valence-electron chi connectivity index (χ3n) is 4.61. The molecule has 1 heterocycles. The number of hydrogen-bond acceptors (Lipinski definition) is 5. The molecule has 3 rings (SSSR count). The van der Waals surface area contributed by atoms with Crippen molar-refractivity contribution >= 4 is 27.4 Å². The summed E-state index contributed by atoms with van der Waals surface area (Å²) in [5, 5.41) is 0. The van der Waals surface area contributed by atoms with E-state index in [0.717, 1.165) is 17.7 Å². The van der Waals surface area contributed by atoms with Crippen molar-refractivity contribution in [1.29, 1.82) is 0 Å². The Morgan fingerprint density at radius 2 is 1.78 bits per heavy atom. The van der Waals surface area contributed by atoms with Gasteiger partial charge in [-0.05, 0) is 37.1 Å². The van der Waals surface area contributed by atoms with Gasteiger partial charge in [-0.3, -0.25) is 4.79 Å². The molecule has 0 radical (unpaired) electrons. The standard InChI is InChI=1S/C20H21NO5S/c1-3-27(24,25)18-11-7-5-9-16(18)20(23)26-14(2)19(22)21-13-12-15-8-4-6-10-17(15)21/h4-11,14H,3,12-13H2,1-2H3/t14-/m1/s1. The molecule has 2 aromatic carbocycles. The van der Waals surface area contributed by atoms with Crippen LogP contribution in [0, 0.1) is 0 Å². The molecule has 27 heavy (non-hydrogen) atoms. The molecule has 1 aliphatic rings. The van der Waals surface area contributed by atoms with Crippen molar-refractivity contribution in [2.75, 3.05) is 17.2 Å². The highest BCUT2D eigenvalue weighted by molar-refractivity contribution is 7.91. The van der Waals surface area contributed by atoms with Crippen LogP contribution in [0.1, 0.15) is 29.8 Å². The van der Waals surface area contributed by atoms with Crippen molar-refractivity contribution < 1.29 is 22.7 Å². The zero-order valence-corrected chi connectivity index (χ0v) is 16.0. The average molecular weight is 387 g/mol. The van der Waals surface area contributed by atoms with E-state index in [-0.39, 0.29) is 22.1 Å². The molecule has 0 spiro atoms. The number of carbonyl (C=O) groups excluding carboxylic acids is 2. The summed E-state index contributed by atoms with van der Waals surface area (Å²) in [7, 11) is -3.58. The van der Waals surface area contributed by atoms with Gasteiger partial charge in [-0.15, -0.1) is 0 Å². The number of hydrogen-bond donors (Lipinski definition) is 0. The van der Waals surface area contributed by atoms with Crippen molar-refractivity contribution in [3.8, 4) is 0 Å². The van der Waals surface area contributed by atoms with E-state index in [9.17, 15) is 18.0 Å². The SMILES string of the molecule is CCS(=O)(=O)c1ccccc1C(=O)O[C@H](C)C(=O)N1CCc2ccccc21. The summed E-state index contributed by atoms with van der Waals surface area (Å²) in [6.07, 6.45) is -0.277. The van der Waals surface area contributed by atoms with E-state index >= 15 is 0 Å². The fourth-order valence-electron chi connectivity index (χ4n) is 3.12. The minimum Gasteiger partial charge on any atom is -0.449 e. The van der Waals surface area contributed by atoms with Gasteiger partial charge in [-0.2, -0.15) is 0 Å². The number of rotatable bonds is 5. The molecule has 0 aliphatic carbocycles. The second kappa shape index (κ2) is 7.52. The second-order valence-corrected chi connectivity index (χ2v) is 8.56. The number of nitrogens with zero attached hydrogens (tertiary/aromatic N) is 1. The van der Waals surface area contributed by atoms with Crippen molar-refractivity contribution in [2.45, 2.75) is 31.3 Å². The molecule has 6 nitrogen and oxygen atoms in total. The van der Waals surface area contributed by atoms with Crippen LogP contribution in [0.25, 0.3) is 0 Å². The van der Waals surface area contributed by atoms with E-state index in [1.807, 2.05) is 24.3 Å². The molecule has 0 aromatic heterocycles. The van der Waals surface area contributed by atoms with Crippen LogP contribution in [-0.4, -0.2) is 38.7 Å². The highest BCUT2D eigenvalue weighted by Crippen LogP contribution is 2.28. The molecule has 2 aromatic rings. The van der Waals surface area contributed by atoms with E-state index in [4.69, 9.17) is 4.74 Å². The topological polar surface area (TPSA) is 80.7 Å². The zero-order valence-electron chi connectivity index (χ0n) is 15.2. The van der Waals surface area contributed by atoms with Gasteiger partial charge in [-0.25, -0.2) is 13.2 Å². The van der Waals surface area contributed by atoms with E-state index < -0.39 is 21.9 Å². The first-order valence-corrected chi connectivity index (χ1v) is 10.4. The predicted octanol–water partition coefficient (Wildman–Crippen LogP) is 2.61. The number of ether oxygens (including phenoxy) is 1. The Morgan fingerprint density at radius 1 is 1.11 bits per heavy atom. The van der Waals surface area contributed by atoms with E-state index in [2.05, 4.69) is 0 Å². The van der Waals surface area contributed by atoms with Gasteiger partial charge in [0.05, 0.1) is 16.2 Å². The Kier molecular flexibility index (Phi) is 5.32. The van der Waals surface area contributed by atoms with Gasteiger partial charge < -0.3 is 9.64 Å². The maximum Gasteiger partial charge on any atom is 0.340 e. The Labute approximate surface area is 158 Å². The Bertz CT molecular complexity index is 983. The molecule has 7 heteroatoms. The van der Waals surface area contributed by atoms with Crippen LogP contribution in [0.15, 0.2) is 53.4 Å². The molecule has 0 N–H and O–H groups in total. The molecular weight excluding hydrogens is 366 g/mol. The number of anilines is 1. The van der Waals surface area contributed by atoms with Crippen LogP contribution in [0.2, 0.25) is 0 Å². The normalized spacial score (nSPS) is 14.5. The second-order valence-electron chi connectivity index (χ2n) is 6.32. The zero-order chi connectivity index (χ0) is 19.6. The largest absolute Gasteiger partial charge is 0.449 e. The lowest BCUT2D eigenvalue weighted by Gasteiger charge is -2.22. The Balaban J connectivity index is 1.79. The van der Waals surface area contributed by atoms with Gasteiger partial charge in [0.15, 0.2) is 15.9 Å². The summed E-state index contributed by atoms with van der Waals surface area (Å²) in [6.45, 7) is 3.54. The predicted molar refractivity (Wildman–Crippen MR) is 102 cm³/mol. The average Bonchev–Trinajstić information content (AvgIpc) is 3.11. The molecule has 0 bridgehead atoms. The van der Waals surface area contributed by atoms with Crippen LogP contribution in [-0.2, 0) is 25.8 Å². The number of esters is 1. The fourth-order valence-corrected chi connectivity index (χ4v) is 4.21. The molecule has 1 atom stereocenters. The summed E-state index contributed by atoms with van der Waals surface area (Å²) >= 11 is 0. The smallest absolute Gasteiger partial charge is 0.340 e. The summed E-state index contributed by atoms with van der Waals surface area (Å²) in [5.41, 5.74) is 1.84. The number of sulfone groups is 1. The quantitative estimate of drug-likeness (QED) is 0.737. The lowest BCUT2D eigenvalue weighted by Crippen LogP contribution is -2.39. The van der Waals surface area contributed by atoms with Crippen LogP contribution >= 0.6 is 0 Å². The number of benzene rings is 2. The van der Waals surface area contributed by atoms with Crippen LogP contribution < -0.4 is 4.90 Å². The molecule has 0 saturated heterocycles. The Hall–Kier alpha value is -2.67. The minimum atomic E-state index is -3.58. The lowest BCUT2D eigenvalue weighted by molar-refractivity contribution is -0.126. The van der Waals surface area contributed by atoms with Crippen molar-refractivity contribution in [3.05, 3.63) is 59.7 Å². The lowest BCUT2D eigenvalue weighted by atomic mass is 10.2. The third kappa shape index (κ3) is 3.73. The summed E-state index contributed by atoms with van der Waals surface area (Å²) in [4.78, 5) is 26.8. The van der Waals surface area contributed by atoms with Gasteiger partial charge in [0.2, 0.25) is 0 Å². The van der Waals surface area contributed by atoms with Gasteiger partial charge in [-0.1, -0.05) is 37.3 Å². The number of amides is 1. The van der Waals surface area contributed by atoms with Gasteiger partial charge >= 0.3 is 5.97 Å². The van der Waals surface area contributed by atoms with Crippen LogP contribution in [0.4, 0.5) is 5.69 Å². The Morgan fingerprint density at radius 3 is 2.52 bits per heavy atom. The van der Waals surface area contributed by atoms with E-state index in [1.54, 1.807) is 17.0 Å².